The average molecular weight is 308 g/mol. The third-order valence-corrected chi connectivity index (χ3v) is 4.15. The van der Waals surface area contributed by atoms with Gasteiger partial charge in [0.1, 0.15) is 5.60 Å². The summed E-state index contributed by atoms with van der Waals surface area (Å²) in [4.78, 5) is 11.6. The van der Waals surface area contributed by atoms with Crippen molar-refractivity contribution in [2.24, 2.45) is 0 Å². The van der Waals surface area contributed by atoms with E-state index in [0.717, 1.165) is 12.8 Å². The van der Waals surface area contributed by atoms with Crippen LogP contribution in [0.1, 0.15) is 46.5 Å². The van der Waals surface area contributed by atoms with Crippen LogP contribution in [0.15, 0.2) is 12.2 Å². The smallest absolute Gasteiger partial charge is 0.397 e. The van der Waals surface area contributed by atoms with Gasteiger partial charge in [-0.05, 0) is 33.6 Å². The average Bonchev–Trinajstić information content (AvgIpc) is 2.84. The highest BCUT2D eigenvalue weighted by Gasteiger charge is 2.75. The third kappa shape index (κ3) is 2.46. The Hall–Kier alpha value is -1.08. The fourth-order valence-electron chi connectivity index (χ4n) is 2.90. The molecule has 1 aliphatic carbocycles. The highest BCUT2D eigenvalue weighted by molar-refractivity contribution is 5.87. The van der Waals surface area contributed by atoms with E-state index in [1.54, 1.807) is 0 Å². The van der Waals surface area contributed by atoms with E-state index in [-0.39, 0.29) is 5.57 Å². The standard InChI is InChI=1S/C14H19F3O4/c1-9(2)10(18)19-14(13(15,16)17)20-11(3,4)12(21-14)7-5-6-8-12/h1,5-8H2,2-4H3. The van der Waals surface area contributed by atoms with Gasteiger partial charge < -0.3 is 14.2 Å². The van der Waals surface area contributed by atoms with Crippen LogP contribution in [0.4, 0.5) is 13.2 Å². The van der Waals surface area contributed by atoms with Crippen LogP contribution < -0.4 is 0 Å². The lowest BCUT2D eigenvalue weighted by Crippen LogP contribution is -2.51. The molecular formula is C14H19F3O4. The van der Waals surface area contributed by atoms with Crippen molar-refractivity contribution < 1.29 is 32.2 Å². The Labute approximate surface area is 121 Å². The molecule has 0 bridgehead atoms. The monoisotopic (exact) mass is 308 g/mol. The summed E-state index contributed by atoms with van der Waals surface area (Å²) < 4.78 is 55.3. The molecule has 0 N–H and O–H groups in total. The molecule has 1 aliphatic heterocycles. The van der Waals surface area contributed by atoms with Gasteiger partial charge in [-0.25, -0.2) is 4.79 Å². The van der Waals surface area contributed by atoms with Gasteiger partial charge >= 0.3 is 18.1 Å². The van der Waals surface area contributed by atoms with E-state index in [2.05, 4.69) is 11.3 Å². The second-order valence-corrected chi connectivity index (χ2v) is 6.14. The minimum absolute atomic E-state index is 0.156. The normalized spacial score (nSPS) is 30.6. The first kappa shape index (κ1) is 16.3. The molecule has 7 heteroatoms. The number of hydrogen-bond acceptors (Lipinski definition) is 4. The number of rotatable bonds is 2. The molecule has 1 saturated carbocycles. The molecule has 4 nitrogen and oxygen atoms in total. The minimum atomic E-state index is -5.00. The second-order valence-electron chi connectivity index (χ2n) is 6.14. The van der Waals surface area contributed by atoms with Crippen LogP contribution in [0.3, 0.4) is 0 Å². The van der Waals surface area contributed by atoms with Gasteiger partial charge in [0.25, 0.3) is 0 Å². The maximum absolute atomic E-state index is 13.5. The van der Waals surface area contributed by atoms with Gasteiger partial charge in [0.05, 0.1) is 5.60 Å². The molecule has 2 aliphatic rings. The van der Waals surface area contributed by atoms with E-state index >= 15 is 0 Å². The molecule has 0 aromatic carbocycles. The summed E-state index contributed by atoms with van der Waals surface area (Å²) in [5, 5.41) is 0. The summed E-state index contributed by atoms with van der Waals surface area (Å²) >= 11 is 0. The number of ether oxygens (including phenoxy) is 3. The Morgan fingerprint density at radius 2 is 1.71 bits per heavy atom. The lowest BCUT2D eigenvalue weighted by atomic mass is 9.85. The molecule has 0 aromatic heterocycles. The molecular weight excluding hydrogens is 289 g/mol. The second kappa shape index (κ2) is 4.71. The van der Waals surface area contributed by atoms with Gasteiger partial charge in [-0.1, -0.05) is 19.4 Å². The van der Waals surface area contributed by atoms with Crippen molar-refractivity contribution in [2.75, 3.05) is 0 Å². The molecule has 2 rings (SSSR count). The van der Waals surface area contributed by atoms with Crippen molar-refractivity contribution in [3.8, 4) is 0 Å². The predicted molar refractivity (Wildman–Crippen MR) is 67.1 cm³/mol. The number of carbonyl (C=O) groups is 1. The number of halogens is 3. The molecule has 1 saturated heterocycles. The fourth-order valence-corrected chi connectivity index (χ4v) is 2.90. The summed E-state index contributed by atoms with van der Waals surface area (Å²) in [5.41, 5.74) is -2.47. The number of hydrogen-bond donors (Lipinski definition) is 0. The zero-order chi connectivity index (χ0) is 16.1. The molecule has 1 spiro atoms. The van der Waals surface area contributed by atoms with Gasteiger partial charge in [-0.15, -0.1) is 0 Å². The molecule has 0 radical (unpaired) electrons. The van der Waals surface area contributed by atoms with Crippen molar-refractivity contribution in [2.45, 2.75) is 69.8 Å². The number of esters is 1. The molecule has 2 fully saturated rings. The summed E-state index contributed by atoms with van der Waals surface area (Å²) in [6.45, 7) is 7.60. The molecule has 1 unspecified atom stereocenters. The van der Waals surface area contributed by atoms with Crippen LogP contribution in [0, 0.1) is 0 Å². The lowest BCUT2D eigenvalue weighted by Gasteiger charge is -2.33. The van der Waals surface area contributed by atoms with E-state index < -0.39 is 29.3 Å². The van der Waals surface area contributed by atoms with Crippen molar-refractivity contribution in [3.63, 3.8) is 0 Å². The van der Waals surface area contributed by atoms with Crippen molar-refractivity contribution in [3.05, 3.63) is 12.2 Å². The first-order chi connectivity index (χ1) is 9.45. The Balaban J connectivity index is 2.40. The van der Waals surface area contributed by atoms with Gasteiger partial charge in [0.2, 0.25) is 0 Å². The lowest BCUT2D eigenvalue weighted by molar-refractivity contribution is -0.448. The van der Waals surface area contributed by atoms with Crippen LogP contribution in [0.25, 0.3) is 0 Å². The van der Waals surface area contributed by atoms with E-state index in [0.29, 0.717) is 12.8 Å². The number of carbonyl (C=O) groups excluding carboxylic acids is 1. The Morgan fingerprint density at radius 1 is 1.19 bits per heavy atom. The van der Waals surface area contributed by atoms with Gasteiger partial charge in [0.15, 0.2) is 0 Å². The maximum atomic E-state index is 13.5. The van der Waals surface area contributed by atoms with Crippen LogP contribution in [0.2, 0.25) is 0 Å². The molecule has 21 heavy (non-hydrogen) atoms. The van der Waals surface area contributed by atoms with Gasteiger partial charge in [-0.3, -0.25) is 0 Å². The Kier molecular flexibility index (Phi) is 3.65. The van der Waals surface area contributed by atoms with Crippen molar-refractivity contribution in [1.29, 1.82) is 0 Å². The van der Waals surface area contributed by atoms with Crippen molar-refractivity contribution >= 4 is 5.97 Å². The Morgan fingerprint density at radius 3 is 2.14 bits per heavy atom. The molecule has 0 aromatic rings. The summed E-state index contributed by atoms with van der Waals surface area (Å²) in [5.74, 6) is -4.56. The van der Waals surface area contributed by atoms with Crippen LogP contribution in [0.5, 0.6) is 0 Å². The largest absolute Gasteiger partial charge is 0.486 e. The van der Waals surface area contributed by atoms with Gasteiger partial charge in [-0.2, -0.15) is 13.2 Å². The topological polar surface area (TPSA) is 44.8 Å². The van der Waals surface area contributed by atoms with Crippen LogP contribution in [-0.4, -0.2) is 29.3 Å². The SMILES string of the molecule is C=C(C)C(=O)OC1(C(F)(F)F)OC(C)(C)C2(CCCC2)O1. The highest BCUT2D eigenvalue weighted by Crippen LogP contribution is 2.57. The molecule has 0 amide bonds. The molecule has 1 heterocycles. The van der Waals surface area contributed by atoms with Crippen molar-refractivity contribution in [1.82, 2.24) is 0 Å². The predicted octanol–water partition coefficient (Wildman–Crippen LogP) is 3.46. The highest BCUT2D eigenvalue weighted by atomic mass is 19.4. The zero-order valence-corrected chi connectivity index (χ0v) is 12.3. The zero-order valence-electron chi connectivity index (χ0n) is 12.3. The molecule has 1 atom stereocenters. The van der Waals surface area contributed by atoms with E-state index in [1.807, 2.05) is 0 Å². The van der Waals surface area contributed by atoms with E-state index in [1.165, 1.54) is 20.8 Å². The summed E-state index contributed by atoms with van der Waals surface area (Å²) in [6.07, 6.45) is -2.64. The minimum Gasteiger partial charge on any atom is -0.397 e. The fraction of sp³-hybridized carbons (Fsp3) is 0.786. The van der Waals surface area contributed by atoms with E-state index in [4.69, 9.17) is 9.47 Å². The molecule has 120 valence electrons. The maximum Gasteiger partial charge on any atom is 0.486 e. The first-order valence-corrected chi connectivity index (χ1v) is 6.81. The van der Waals surface area contributed by atoms with Crippen LogP contribution >= 0.6 is 0 Å². The van der Waals surface area contributed by atoms with E-state index in [9.17, 15) is 18.0 Å². The number of alkyl halides is 3. The quantitative estimate of drug-likeness (QED) is 0.579. The van der Waals surface area contributed by atoms with Gasteiger partial charge in [0, 0.05) is 5.57 Å². The first-order valence-electron chi connectivity index (χ1n) is 6.81. The summed E-state index contributed by atoms with van der Waals surface area (Å²) in [7, 11) is 0. The van der Waals surface area contributed by atoms with Crippen LogP contribution in [-0.2, 0) is 19.0 Å². The summed E-state index contributed by atoms with van der Waals surface area (Å²) in [6, 6.07) is 0. The Bertz CT molecular complexity index is 463. The third-order valence-electron chi connectivity index (χ3n) is 4.15.